The van der Waals surface area contributed by atoms with Gasteiger partial charge in [0.25, 0.3) is 5.91 Å². The van der Waals surface area contributed by atoms with Crippen molar-refractivity contribution in [2.45, 2.75) is 13.3 Å². The number of hydrogen-bond acceptors (Lipinski definition) is 5. The summed E-state index contributed by atoms with van der Waals surface area (Å²) in [5, 5.41) is 6.46. The summed E-state index contributed by atoms with van der Waals surface area (Å²) in [4.78, 5) is 13.8. The van der Waals surface area contributed by atoms with Gasteiger partial charge in [-0.1, -0.05) is 5.16 Å². The summed E-state index contributed by atoms with van der Waals surface area (Å²) in [5.74, 6) is 0.450. The molecular weight excluding hydrogens is 234 g/mol. The van der Waals surface area contributed by atoms with Crippen LogP contribution in [0.25, 0.3) is 0 Å². The predicted molar refractivity (Wildman–Crippen MR) is 67.6 cm³/mol. The number of methoxy groups -OCH3 is 1. The van der Waals surface area contributed by atoms with E-state index in [0.29, 0.717) is 18.0 Å². The minimum absolute atomic E-state index is 0.189. The van der Waals surface area contributed by atoms with Crippen molar-refractivity contribution in [3.8, 4) is 0 Å². The minimum atomic E-state index is -0.189. The quantitative estimate of drug-likeness (QED) is 0.692. The number of nitrogens with one attached hydrogen (secondary N) is 1. The fourth-order valence-corrected chi connectivity index (χ4v) is 1.47. The Morgan fingerprint density at radius 1 is 1.56 bits per heavy atom. The Hall–Kier alpha value is -1.40. The van der Waals surface area contributed by atoms with E-state index >= 15 is 0 Å². The summed E-state index contributed by atoms with van der Waals surface area (Å²) in [6.07, 6.45) is 0.892. The van der Waals surface area contributed by atoms with E-state index in [-0.39, 0.29) is 5.91 Å². The summed E-state index contributed by atoms with van der Waals surface area (Å²) in [7, 11) is 3.72. The van der Waals surface area contributed by atoms with E-state index in [9.17, 15) is 4.79 Å². The lowest BCUT2D eigenvalue weighted by atomic mass is 10.3. The number of rotatable bonds is 8. The molecular formula is C12H21N3O3. The molecule has 1 amide bonds. The maximum absolute atomic E-state index is 11.6. The molecule has 6 nitrogen and oxygen atoms in total. The first kappa shape index (κ1) is 14.7. The summed E-state index contributed by atoms with van der Waals surface area (Å²) in [6.45, 7) is 4.92. The normalized spacial score (nSPS) is 10.9. The molecule has 0 bridgehead atoms. The Kier molecular flexibility index (Phi) is 6.38. The van der Waals surface area contributed by atoms with Crippen molar-refractivity contribution >= 4 is 5.91 Å². The van der Waals surface area contributed by atoms with E-state index in [2.05, 4.69) is 15.4 Å². The number of ether oxygens (including phenoxy) is 1. The first-order chi connectivity index (χ1) is 8.63. The number of carbonyl (C=O) groups is 1. The number of aromatic nitrogens is 1. The fraction of sp³-hybridized carbons (Fsp3) is 0.667. The Balaban J connectivity index is 2.12. The maximum Gasteiger partial charge on any atom is 0.273 e. The molecule has 1 aromatic heterocycles. The van der Waals surface area contributed by atoms with E-state index in [1.54, 1.807) is 20.1 Å². The third-order valence-corrected chi connectivity index (χ3v) is 2.54. The second-order valence-corrected chi connectivity index (χ2v) is 4.23. The molecule has 102 valence electrons. The number of hydrogen-bond donors (Lipinski definition) is 1. The molecule has 1 rings (SSSR count). The SMILES string of the molecule is COCCN(C)CCCNC(=O)c1cc(C)on1. The van der Waals surface area contributed by atoms with Gasteiger partial charge in [0.2, 0.25) is 0 Å². The first-order valence-corrected chi connectivity index (χ1v) is 6.02. The lowest BCUT2D eigenvalue weighted by molar-refractivity contribution is 0.0942. The zero-order chi connectivity index (χ0) is 13.4. The molecule has 1 N–H and O–H groups in total. The molecule has 0 aliphatic rings. The molecule has 0 saturated heterocycles. The number of nitrogens with zero attached hydrogens (tertiary/aromatic N) is 2. The van der Waals surface area contributed by atoms with Crippen molar-refractivity contribution in [2.75, 3.05) is 40.4 Å². The number of likely N-dealkylation sites (N-methyl/N-ethyl adjacent to an activating group) is 1. The average molecular weight is 255 g/mol. The van der Waals surface area contributed by atoms with Crippen LogP contribution in [0.4, 0.5) is 0 Å². The van der Waals surface area contributed by atoms with Gasteiger partial charge < -0.3 is 19.5 Å². The van der Waals surface area contributed by atoms with Gasteiger partial charge in [-0.15, -0.1) is 0 Å². The van der Waals surface area contributed by atoms with Crippen LogP contribution in [-0.2, 0) is 4.74 Å². The second-order valence-electron chi connectivity index (χ2n) is 4.23. The molecule has 1 heterocycles. The van der Waals surface area contributed by atoms with Crippen LogP contribution in [0.15, 0.2) is 10.6 Å². The Bertz CT molecular complexity index is 365. The van der Waals surface area contributed by atoms with E-state index in [4.69, 9.17) is 9.26 Å². The topological polar surface area (TPSA) is 67.6 Å². The molecule has 0 fully saturated rings. The van der Waals surface area contributed by atoms with E-state index in [1.165, 1.54) is 0 Å². The monoisotopic (exact) mass is 255 g/mol. The van der Waals surface area contributed by atoms with Crippen LogP contribution in [-0.4, -0.2) is 56.4 Å². The lowest BCUT2D eigenvalue weighted by Gasteiger charge is -2.15. The van der Waals surface area contributed by atoms with Crippen LogP contribution in [0, 0.1) is 6.92 Å². The van der Waals surface area contributed by atoms with Gasteiger partial charge in [0.1, 0.15) is 5.76 Å². The summed E-state index contributed by atoms with van der Waals surface area (Å²) in [6, 6.07) is 1.63. The van der Waals surface area contributed by atoms with Gasteiger partial charge in [0, 0.05) is 26.3 Å². The zero-order valence-corrected chi connectivity index (χ0v) is 11.2. The highest BCUT2D eigenvalue weighted by Crippen LogP contribution is 2.00. The first-order valence-electron chi connectivity index (χ1n) is 6.02. The number of amides is 1. The van der Waals surface area contributed by atoms with Gasteiger partial charge in [-0.05, 0) is 26.9 Å². The van der Waals surface area contributed by atoms with Gasteiger partial charge in [-0.25, -0.2) is 0 Å². The highest BCUT2D eigenvalue weighted by Gasteiger charge is 2.09. The smallest absolute Gasteiger partial charge is 0.273 e. The molecule has 6 heteroatoms. The molecule has 0 aliphatic heterocycles. The van der Waals surface area contributed by atoms with Crippen LogP contribution < -0.4 is 5.32 Å². The second kappa shape index (κ2) is 7.84. The summed E-state index contributed by atoms with van der Waals surface area (Å²) >= 11 is 0. The van der Waals surface area contributed by atoms with E-state index < -0.39 is 0 Å². The molecule has 0 atom stereocenters. The lowest BCUT2D eigenvalue weighted by Crippen LogP contribution is -2.29. The summed E-state index contributed by atoms with van der Waals surface area (Å²) in [5.41, 5.74) is 0.334. The largest absolute Gasteiger partial charge is 0.383 e. The Labute approximate surface area is 107 Å². The number of carbonyl (C=O) groups excluding carboxylic acids is 1. The van der Waals surface area contributed by atoms with Crippen molar-refractivity contribution < 1.29 is 14.1 Å². The molecule has 1 aromatic rings. The van der Waals surface area contributed by atoms with E-state index in [0.717, 1.165) is 26.1 Å². The van der Waals surface area contributed by atoms with Gasteiger partial charge in [0.15, 0.2) is 5.69 Å². The van der Waals surface area contributed by atoms with Crippen molar-refractivity contribution in [3.05, 3.63) is 17.5 Å². The van der Waals surface area contributed by atoms with Crippen LogP contribution in [0.3, 0.4) is 0 Å². The molecule has 0 aliphatic carbocycles. The number of aryl methyl sites for hydroxylation is 1. The Morgan fingerprint density at radius 2 is 2.33 bits per heavy atom. The van der Waals surface area contributed by atoms with Crippen LogP contribution >= 0.6 is 0 Å². The predicted octanol–water partition coefficient (Wildman–Crippen LogP) is 0.681. The van der Waals surface area contributed by atoms with Gasteiger partial charge in [-0.2, -0.15) is 0 Å². The molecule has 18 heavy (non-hydrogen) atoms. The third-order valence-electron chi connectivity index (χ3n) is 2.54. The standard InChI is InChI=1S/C12H21N3O3/c1-10-9-11(14-18-10)12(16)13-5-4-6-15(2)7-8-17-3/h9H,4-8H2,1-3H3,(H,13,16). The van der Waals surface area contributed by atoms with Gasteiger partial charge >= 0.3 is 0 Å². The van der Waals surface area contributed by atoms with Crippen molar-refractivity contribution in [2.24, 2.45) is 0 Å². The van der Waals surface area contributed by atoms with Gasteiger partial charge in [-0.3, -0.25) is 4.79 Å². The van der Waals surface area contributed by atoms with Crippen molar-refractivity contribution in [3.63, 3.8) is 0 Å². The molecule has 0 aromatic carbocycles. The van der Waals surface area contributed by atoms with Crippen LogP contribution in [0.5, 0.6) is 0 Å². The minimum Gasteiger partial charge on any atom is -0.383 e. The van der Waals surface area contributed by atoms with Crippen LogP contribution in [0.1, 0.15) is 22.7 Å². The maximum atomic E-state index is 11.6. The third kappa shape index (κ3) is 5.29. The molecule has 0 radical (unpaired) electrons. The van der Waals surface area contributed by atoms with Crippen LogP contribution in [0.2, 0.25) is 0 Å². The zero-order valence-electron chi connectivity index (χ0n) is 11.2. The summed E-state index contributed by atoms with van der Waals surface area (Å²) < 4.78 is 9.83. The molecule has 0 saturated carbocycles. The molecule has 0 spiro atoms. The van der Waals surface area contributed by atoms with Crippen molar-refractivity contribution in [1.29, 1.82) is 0 Å². The Morgan fingerprint density at radius 3 is 2.94 bits per heavy atom. The average Bonchev–Trinajstić information content (AvgIpc) is 2.78. The highest BCUT2D eigenvalue weighted by molar-refractivity contribution is 5.92. The van der Waals surface area contributed by atoms with E-state index in [1.807, 2.05) is 7.05 Å². The van der Waals surface area contributed by atoms with Gasteiger partial charge in [0.05, 0.1) is 6.61 Å². The highest BCUT2D eigenvalue weighted by atomic mass is 16.5. The fourth-order valence-electron chi connectivity index (χ4n) is 1.47. The molecule has 0 unspecified atom stereocenters. The van der Waals surface area contributed by atoms with Crippen molar-refractivity contribution in [1.82, 2.24) is 15.4 Å².